The average molecular weight is 370 g/mol. The molecule has 0 spiro atoms. The fourth-order valence-corrected chi connectivity index (χ4v) is 2.29. The molecule has 106 valence electrons. The van der Waals surface area contributed by atoms with Crippen molar-refractivity contribution >= 4 is 33.4 Å². The molecule has 19 heavy (non-hydrogen) atoms. The van der Waals surface area contributed by atoms with Gasteiger partial charge in [0, 0.05) is 15.4 Å². The van der Waals surface area contributed by atoms with Gasteiger partial charge in [-0.05, 0) is 33.8 Å². The van der Waals surface area contributed by atoms with Gasteiger partial charge in [-0.25, -0.2) is 0 Å². The van der Waals surface area contributed by atoms with Crippen molar-refractivity contribution < 1.29 is 31.3 Å². The van der Waals surface area contributed by atoms with Crippen LogP contribution < -0.4 is 0 Å². The van der Waals surface area contributed by atoms with Crippen LogP contribution in [-0.4, -0.2) is 10.4 Å². The summed E-state index contributed by atoms with van der Waals surface area (Å²) in [6.07, 6.45) is -5.04. The zero-order valence-electron chi connectivity index (χ0n) is 8.47. The molecule has 0 amide bonds. The molecule has 0 atom stereocenters. The molecule has 11 heteroatoms. The topological polar surface area (TPSA) is 43.1 Å². The highest BCUT2D eigenvalue weighted by atomic mass is 79.9. The van der Waals surface area contributed by atoms with Gasteiger partial charge in [0.1, 0.15) is 5.56 Å². The molecule has 3 nitrogen and oxygen atoms in total. The van der Waals surface area contributed by atoms with E-state index in [1.54, 1.807) is 0 Å². The predicted octanol–water partition coefficient (Wildman–Crippen LogP) is 4.99. The third-order valence-corrected chi connectivity index (χ3v) is 3.49. The van der Waals surface area contributed by atoms with Gasteiger partial charge in [-0.3, -0.25) is 10.1 Å². The standard InChI is InChI=1S/C8H2BrF6NO2S/c9-4-1-3(7(10,11)12)5(16(17)18)2-6(4)19-8(13,14)15/h1-2H. The van der Waals surface area contributed by atoms with Crippen molar-refractivity contribution in [3.05, 3.63) is 32.3 Å². The zero-order chi connectivity index (χ0) is 15.0. The van der Waals surface area contributed by atoms with Crippen LogP contribution in [0.25, 0.3) is 0 Å². The number of nitro benzene ring substituents is 1. The molecule has 0 aromatic heterocycles. The molecule has 0 unspecified atom stereocenters. The molecule has 0 bridgehead atoms. The van der Waals surface area contributed by atoms with Crippen molar-refractivity contribution in [3.8, 4) is 0 Å². The smallest absolute Gasteiger partial charge is 0.258 e. The van der Waals surface area contributed by atoms with E-state index in [2.05, 4.69) is 15.9 Å². The maximum absolute atomic E-state index is 12.5. The summed E-state index contributed by atoms with van der Waals surface area (Å²) in [5, 5.41) is 10.5. The van der Waals surface area contributed by atoms with Crippen LogP contribution in [0.3, 0.4) is 0 Å². The predicted molar refractivity (Wildman–Crippen MR) is 57.7 cm³/mol. The molecule has 0 heterocycles. The van der Waals surface area contributed by atoms with Gasteiger partial charge in [0.15, 0.2) is 0 Å². The molecule has 1 aromatic rings. The summed E-state index contributed by atoms with van der Waals surface area (Å²) in [5.41, 5.74) is -7.81. The number of halogens is 7. The first-order valence-corrected chi connectivity index (χ1v) is 5.83. The first-order valence-electron chi connectivity index (χ1n) is 4.22. The molecular formula is C8H2BrF6NO2S. The second kappa shape index (κ2) is 5.19. The molecule has 0 aliphatic carbocycles. The molecule has 0 radical (unpaired) electrons. The number of rotatable bonds is 2. The maximum Gasteiger partial charge on any atom is 0.446 e. The number of hydrogen-bond donors (Lipinski definition) is 0. The van der Waals surface area contributed by atoms with Crippen molar-refractivity contribution in [3.63, 3.8) is 0 Å². The van der Waals surface area contributed by atoms with Gasteiger partial charge in [-0.1, -0.05) is 0 Å². The Bertz CT molecular complexity index is 515. The summed E-state index contributed by atoms with van der Waals surface area (Å²) in [5.74, 6) is 0. The summed E-state index contributed by atoms with van der Waals surface area (Å²) >= 11 is 1.79. The molecule has 0 aliphatic rings. The van der Waals surface area contributed by atoms with E-state index in [0.29, 0.717) is 0 Å². The van der Waals surface area contributed by atoms with E-state index < -0.39 is 49.0 Å². The largest absolute Gasteiger partial charge is 0.446 e. The Morgan fingerprint density at radius 3 is 2.05 bits per heavy atom. The number of hydrogen-bond acceptors (Lipinski definition) is 3. The van der Waals surface area contributed by atoms with Gasteiger partial charge in [0.2, 0.25) is 0 Å². The van der Waals surface area contributed by atoms with E-state index in [4.69, 9.17) is 0 Å². The number of benzene rings is 1. The third kappa shape index (κ3) is 4.27. The van der Waals surface area contributed by atoms with E-state index in [1.807, 2.05) is 0 Å². The normalized spacial score (nSPS) is 12.6. The highest BCUT2D eigenvalue weighted by Crippen LogP contribution is 2.45. The lowest BCUT2D eigenvalue weighted by atomic mass is 10.2. The van der Waals surface area contributed by atoms with Crippen molar-refractivity contribution in [2.75, 3.05) is 0 Å². The number of nitrogens with zero attached hydrogens (tertiary/aromatic N) is 1. The van der Waals surface area contributed by atoms with Crippen molar-refractivity contribution in [1.82, 2.24) is 0 Å². The Labute approximate surface area is 114 Å². The Morgan fingerprint density at radius 1 is 1.16 bits per heavy atom. The molecule has 1 rings (SSSR count). The van der Waals surface area contributed by atoms with Gasteiger partial charge in [0.05, 0.1) is 4.92 Å². The van der Waals surface area contributed by atoms with E-state index in [1.165, 1.54) is 0 Å². The molecule has 0 fully saturated rings. The average Bonchev–Trinajstić information content (AvgIpc) is 2.16. The molecule has 0 saturated heterocycles. The molecular weight excluding hydrogens is 368 g/mol. The maximum atomic E-state index is 12.5. The minimum Gasteiger partial charge on any atom is -0.258 e. The summed E-state index contributed by atoms with van der Waals surface area (Å²) < 4.78 is 73.4. The van der Waals surface area contributed by atoms with Gasteiger partial charge in [-0.15, -0.1) is 0 Å². The highest BCUT2D eigenvalue weighted by molar-refractivity contribution is 9.10. The molecule has 0 saturated carbocycles. The zero-order valence-corrected chi connectivity index (χ0v) is 10.9. The van der Waals surface area contributed by atoms with Crippen LogP contribution in [0, 0.1) is 10.1 Å². The van der Waals surface area contributed by atoms with Gasteiger partial charge in [0.25, 0.3) is 5.69 Å². The third-order valence-electron chi connectivity index (χ3n) is 1.78. The molecule has 0 aliphatic heterocycles. The van der Waals surface area contributed by atoms with E-state index in [9.17, 15) is 36.5 Å². The summed E-state index contributed by atoms with van der Waals surface area (Å²) in [6, 6.07) is 0.497. The van der Waals surface area contributed by atoms with Gasteiger partial charge in [-0.2, -0.15) is 26.3 Å². The molecule has 1 aromatic carbocycles. The van der Waals surface area contributed by atoms with Crippen molar-refractivity contribution in [2.24, 2.45) is 0 Å². The van der Waals surface area contributed by atoms with Crippen molar-refractivity contribution in [1.29, 1.82) is 0 Å². The first kappa shape index (κ1) is 16.1. The Kier molecular flexibility index (Phi) is 4.40. The number of thioether (sulfide) groups is 1. The minimum absolute atomic E-state index is 0.241. The Balaban J connectivity index is 3.42. The molecule has 0 N–H and O–H groups in total. The van der Waals surface area contributed by atoms with Gasteiger partial charge >= 0.3 is 11.7 Å². The van der Waals surface area contributed by atoms with E-state index in [-0.39, 0.29) is 12.1 Å². The monoisotopic (exact) mass is 369 g/mol. The second-order valence-electron chi connectivity index (χ2n) is 3.10. The fourth-order valence-electron chi connectivity index (χ4n) is 1.12. The summed E-state index contributed by atoms with van der Waals surface area (Å²) in [4.78, 5) is 8.40. The summed E-state index contributed by atoms with van der Waals surface area (Å²) in [6.45, 7) is 0. The lowest BCUT2D eigenvalue weighted by molar-refractivity contribution is -0.388. The SMILES string of the molecule is O=[N+]([O-])c1cc(SC(F)(F)F)c(Br)cc1C(F)(F)F. The summed E-state index contributed by atoms with van der Waals surface area (Å²) in [7, 11) is 0. The van der Waals surface area contributed by atoms with Crippen molar-refractivity contribution in [2.45, 2.75) is 16.6 Å². The Morgan fingerprint density at radius 2 is 1.68 bits per heavy atom. The van der Waals surface area contributed by atoms with Crippen LogP contribution in [0.2, 0.25) is 0 Å². The van der Waals surface area contributed by atoms with Crippen LogP contribution in [0.5, 0.6) is 0 Å². The number of alkyl halides is 6. The highest BCUT2D eigenvalue weighted by Gasteiger charge is 2.40. The van der Waals surface area contributed by atoms with Crippen LogP contribution >= 0.6 is 27.7 Å². The number of nitro groups is 1. The van der Waals surface area contributed by atoms with Crippen LogP contribution in [-0.2, 0) is 6.18 Å². The lowest BCUT2D eigenvalue weighted by Crippen LogP contribution is -2.10. The second-order valence-corrected chi connectivity index (χ2v) is 5.06. The van der Waals surface area contributed by atoms with Crippen LogP contribution in [0.4, 0.5) is 32.0 Å². The van der Waals surface area contributed by atoms with E-state index in [0.717, 1.165) is 0 Å². The van der Waals surface area contributed by atoms with Gasteiger partial charge < -0.3 is 0 Å². The van der Waals surface area contributed by atoms with Crippen LogP contribution in [0.1, 0.15) is 5.56 Å². The fraction of sp³-hybridized carbons (Fsp3) is 0.250. The minimum atomic E-state index is -5.04. The first-order chi connectivity index (χ1) is 8.42. The lowest BCUT2D eigenvalue weighted by Gasteiger charge is -2.11. The van der Waals surface area contributed by atoms with Crippen LogP contribution in [0.15, 0.2) is 21.5 Å². The Hall–Kier alpha value is -0.970. The quantitative estimate of drug-likeness (QED) is 0.319. The van der Waals surface area contributed by atoms with E-state index >= 15 is 0 Å².